The Balaban J connectivity index is 1.67. The predicted octanol–water partition coefficient (Wildman–Crippen LogP) is 5.65. The van der Waals surface area contributed by atoms with E-state index in [1.54, 1.807) is 6.92 Å². The molecule has 0 unspecified atom stereocenters. The van der Waals surface area contributed by atoms with E-state index < -0.39 is 9.75 Å². The van der Waals surface area contributed by atoms with Gasteiger partial charge in [0.2, 0.25) is 5.91 Å². The second-order valence-electron chi connectivity index (χ2n) is 7.29. The van der Waals surface area contributed by atoms with E-state index in [9.17, 15) is 4.79 Å². The SMILES string of the molecule is C[C@@]1(C(=O)NC[C@@H](c2ccccc2Cl)c2c[nH]c3ccccc23)CC1(Cl)Cl. The van der Waals surface area contributed by atoms with Gasteiger partial charge in [-0.05, 0) is 36.6 Å². The molecule has 2 atom stereocenters. The summed E-state index contributed by atoms with van der Waals surface area (Å²) in [6.45, 7) is 2.20. The summed E-state index contributed by atoms with van der Waals surface area (Å²) >= 11 is 18.8. The fourth-order valence-corrected chi connectivity index (χ4v) is 4.54. The molecule has 140 valence electrons. The number of hydrogen-bond donors (Lipinski definition) is 2. The number of carbonyl (C=O) groups is 1. The first-order chi connectivity index (χ1) is 12.8. The van der Waals surface area contributed by atoms with Gasteiger partial charge >= 0.3 is 0 Å². The molecular weight excluding hydrogens is 403 g/mol. The first-order valence-electron chi connectivity index (χ1n) is 8.80. The number of benzene rings is 2. The number of carbonyl (C=O) groups excluding carboxylic acids is 1. The standard InChI is InChI=1S/C21H19Cl3N2O/c1-20(12-21(20,23)24)19(27)26-11-15(13-6-2-4-8-17(13)22)16-10-25-18-9-5-3-7-14(16)18/h2-10,15,25H,11-12H2,1H3,(H,26,27)/t15-,20-/m0/s1. The van der Waals surface area contributed by atoms with Gasteiger partial charge in [0.05, 0.1) is 5.41 Å². The molecule has 0 bridgehead atoms. The van der Waals surface area contributed by atoms with Crippen LogP contribution in [-0.2, 0) is 4.79 Å². The zero-order valence-corrected chi connectivity index (χ0v) is 17.0. The number of nitrogens with one attached hydrogen (secondary N) is 2. The van der Waals surface area contributed by atoms with E-state index in [-0.39, 0.29) is 11.8 Å². The molecule has 3 nitrogen and oxygen atoms in total. The molecule has 1 fully saturated rings. The van der Waals surface area contributed by atoms with Gasteiger partial charge in [-0.1, -0.05) is 48.0 Å². The summed E-state index contributed by atoms with van der Waals surface area (Å²) in [5.41, 5.74) is 2.35. The molecule has 1 aromatic heterocycles. The zero-order valence-electron chi connectivity index (χ0n) is 14.7. The van der Waals surface area contributed by atoms with Gasteiger partial charge in [0.25, 0.3) is 0 Å². The number of halogens is 3. The fourth-order valence-electron chi connectivity index (χ4n) is 3.56. The predicted molar refractivity (Wildman–Crippen MR) is 112 cm³/mol. The number of para-hydroxylation sites is 1. The Morgan fingerprint density at radius 2 is 1.81 bits per heavy atom. The Labute approximate surface area is 173 Å². The number of aromatic amines is 1. The van der Waals surface area contributed by atoms with Gasteiger partial charge in [0.1, 0.15) is 4.33 Å². The van der Waals surface area contributed by atoms with Crippen LogP contribution in [0.4, 0.5) is 0 Å². The Morgan fingerprint density at radius 3 is 2.52 bits per heavy atom. The van der Waals surface area contributed by atoms with Crippen LogP contribution in [0, 0.1) is 5.41 Å². The third-order valence-electron chi connectivity index (χ3n) is 5.50. The van der Waals surface area contributed by atoms with Crippen molar-refractivity contribution in [2.75, 3.05) is 6.54 Å². The van der Waals surface area contributed by atoms with Crippen LogP contribution in [-0.4, -0.2) is 21.8 Å². The highest BCUT2D eigenvalue weighted by Crippen LogP contribution is 2.63. The van der Waals surface area contributed by atoms with E-state index >= 15 is 0 Å². The molecular formula is C21H19Cl3N2O. The highest BCUT2D eigenvalue weighted by Gasteiger charge is 2.67. The van der Waals surface area contributed by atoms with Crippen molar-refractivity contribution in [2.45, 2.75) is 23.6 Å². The minimum atomic E-state index is -0.988. The summed E-state index contributed by atoms with van der Waals surface area (Å²) in [5.74, 6) is -0.231. The Bertz CT molecular complexity index is 1010. The number of hydrogen-bond acceptors (Lipinski definition) is 1. The van der Waals surface area contributed by atoms with Crippen molar-refractivity contribution >= 4 is 51.6 Å². The van der Waals surface area contributed by atoms with Gasteiger partial charge in [0.15, 0.2) is 0 Å². The summed E-state index contributed by atoms with van der Waals surface area (Å²) in [7, 11) is 0. The van der Waals surface area contributed by atoms with Crippen LogP contribution in [0.3, 0.4) is 0 Å². The molecule has 1 amide bonds. The summed E-state index contributed by atoms with van der Waals surface area (Å²) in [6.07, 6.45) is 2.44. The summed E-state index contributed by atoms with van der Waals surface area (Å²) < 4.78 is -0.988. The lowest BCUT2D eigenvalue weighted by atomic mass is 9.90. The highest BCUT2D eigenvalue weighted by molar-refractivity contribution is 6.53. The number of fused-ring (bicyclic) bond motifs is 1. The molecule has 27 heavy (non-hydrogen) atoms. The molecule has 2 N–H and O–H groups in total. The smallest absolute Gasteiger partial charge is 0.229 e. The van der Waals surface area contributed by atoms with Crippen molar-refractivity contribution in [3.8, 4) is 0 Å². The van der Waals surface area contributed by atoms with E-state index in [2.05, 4.69) is 16.4 Å². The monoisotopic (exact) mass is 420 g/mol. The molecule has 1 heterocycles. The first-order valence-corrected chi connectivity index (χ1v) is 9.93. The molecule has 2 aromatic carbocycles. The highest BCUT2D eigenvalue weighted by atomic mass is 35.5. The number of aromatic nitrogens is 1. The minimum absolute atomic E-state index is 0.0961. The Hall–Kier alpha value is -1.68. The lowest BCUT2D eigenvalue weighted by molar-refractivity contribution is -0.125. The third-order valence-corrected chi connectivity index (χ3v) is 6.95. The maximum atomic E-state index is 12.7. The Morgan fingerprint density at radius 1 is 1.15 bits per heavy atom. The van der Waals surface area contributed by atoms with Gasteiger partial charge in [-0.3, -0.25) is 4.79 Å². The lowest BCUT2D eigenvalue weighted by Gasteiger charge is -2.21. The molecule has 0 spiro atoms. The molecule has 0 aliphatic heterocycles. The van der Waals surface area contributed by atoms with Gasteiger partial charge in [0, 0.05) is 34.6 Å². The molecule has 0 radical (unpaired) electrons. The van der Waals surface area contributed by atoms with Crippen molar-refractivity contribution in [3.63, 3.8) is 0 Å². The number of H-pyrrole nitrogens is 1. The molecule has 1 saturated carbocycles. The van der Waals surface area contributed by atoms with Crippen LogP contribution in [0.1, 0.15) is 30.4 Å². The molecule has 3 aromatic rings. The van der Waals surface area contributed by atoms with Gasteiger partial charge in [-0.2, -0.15) is 0 Å². The summed E-state index contributed by atoms with van der Waals surface area (Å²) in [4.78, 5) is 16.0. The number of alkyl halides is 2. The minimum Gasteiger partial charge on any atom is -0.361 e. The summed E-state index contributed by atoms with van der Waals surface area (Å²) in [6, 6.07) is 15.8. The van der Waals surface area contributed by atoms with Crippen LogP contribution in [0.25, 0.3) is 10.9 Å². The fraction of sp³-hybridized carbons (Fsp3) is 0.286. The van der Waals surface area contributed by atoms with Crippen LogP contribution in [0.15, 0.2) is 54.7 Å². The lowest BCUT2D eigenvalue weighted by Crippen LogP contribution is -2.36. The third kappa shape index (κ3) is 3.22. The van der Waals surface area contributed by atoms with Gasteiger partial charge < -0.3 is 10.3 Å². The van der Waals surface area contributed by atoms with Crippen molar-refractivity contribution < 1.29 is 4.79 Å². The largest absolute Gasteiger partial charge is 0.361 e. The normalized spacial score (nSPS) is 21.8. The van der Waals surface area contributed by atoms with Crippen molar-refractivity contribution in [1.29, 1.82) is 0 Å². The topological polar surface area (TPSA) is 44.9 Å². The van der Waals surface area contributed by atoms with E-state index in [0.717, 1.165) is 22.0 Å². The van der Waals surface area contributed by atoms with E-state index in [1.165, 1.54) is 0 Å². The van der Waals surface area contributed by atoms with E-state index in [4.69, 9.17) is 34.8 Å². The first kappa shape index (κ1) is 18.7. The molecule has 0 saturated heterocycles. The maximum absolute atomic E-state index is 12.7. The van der Waals surface area contributed by atoms with E-state index in [0.29, 0.717) is 18.0 Å². The Kier molecular flexibility index (Phi) is 4.66. The number of amides is 1. The second-order valence-corrected chi connectivity index (χ2v) is 9.18. The van der Waals surface area contributed by atoms with Crippen molar-refractivity contribution in [1.82, 2.24) is 10.3 Å². The number of rotatable bonds is 5. The van der Waals surface area contributed by atoms with Crippen LogP contribution in [0.5, 0.6) is 0 Å². The molecule has 6 heteroatoms. The average molecular weight is 422 g/mol. The van der Waals surface area contributed by atoms with Crippen molar-refractivity contribution in [2.24, 2.45) is 5.41 Å². The average Bonchev–Trinajstić information content (AvgIpc) is 2.99. The van der Waals surface area contributed by atoms with Gasteiger partial charge in [-0.15, -0.1) is 23.2 Å². The quantitative estimate of drug-likeness (QED) is 0.513. The summed E-state index contributed by atoms with van der Waals surface area (Å²) in [5, 5.41) is 4.82. The van der Waals surface area contributed by atoms with Crippen molar-refractivity contribution in [3.05, 3.63) is 70.9 Å². The maximum Gasteiger partial charge on any atom is 0.229 e. The zero-order chi connectivity index (χ0) is 19.2. The molecule has 1 aliphatic rings. The van der Waals surface area contributed by atoms with Crippen LogP contribution in [0.2, 0.25) is 5.02 Å². The molecule has 1 aliphatic carbocycles. The van der Waals surface area contributed by atoms with Crippen LogP contribution >= 0.6 is 34.8 Å². The molecule has 4 rings (SSSR count). The van der Waals surface area contributed by atoms with Gasteiger partial charge in [-0.25, -0.2) is 0 Å². The van der Waals surface area contributed by atoms with E-state index in [1.807, 2.05) is 48.7 Å². The van der Waals surface area contributed by atoms with Crippen LogP contribution < -0.4 is 5.32 Å². The second kappa shape index (κ2) is 6.73.